The minimum atomic E-state index is -0.772. The minimum Gasteiger partial charge on any atom is -0.390 e. The van der Waals surface area contributed by atoms with Gasteiger partial charge in [0.05, 0.1) is 12.2 Å². The average molecular weight is 170 g/mol. The Bertz CT molecular complexity index is 178. The lowest BCUT2D eigenvalue weighted by atomic mass is 10.0. The summed E-state index contributed by atoms with van der Waals surface area (Å²) in [5.74, 6) is 0. The molecule has 2 heteroatoms. The predicted molar refractivity (Wildman–Crippen MR) is 50.9 cm³/mol. The van der Waals surface area contributed by atoms with Gasteiger partial charge in [0.1, 0.15) is 0 Å². The summed E-state index contributed by atoms with van der Waals surface area (Å²) in [5.41, 5.74) is 1.88. The maximum Gasteiger partial charge on any atom is 0.0985 e. The molecular weight excluding hydrogens is 152 g/mol. The number of hydrogen-bond acceptors (Lipinski definition) is 2. The summed E-state index contributed by atoms with van der Waals surface area (Å²) < 4.78 is 0. The zero-order valence-corrected chi connectivity index (χ0v) is 8.04. The molecule has 0 aliphatic heterocycles. The summed E-state index contributed by atoms with van der Waals surface area (Å²) >= 11 is 0. The highest BCUT2D eigenvalue weighted by Gasteiger charge is 2.12. The maximum absolute atomic E-state index is 9.38. The van der Waals surface area contributed by atoms with Gasteiger partial charge >= 0.3 is 0 Å². The van der Waals surface area contributed by atoms with E-state index < -0.39 is 12.2 Å². The molecule has 70 valence electrons. The van der Waals surface area contributed by atoms with E-state index in [9.17, 15) is 10.2 Å². The van der Waals surface area contributed by atoms with E-state index >= 15 is 0 Å². The largest absolute Gasteiger partial charge is 0.390 e. The number of rotatable bonds is 4. The van der Waals surface area contributed by atoms with Gasteiger partial charge in [-0.2, -0.15) is 0 Å². The summed E-state index contributed by atoms with van der Waals surface area (Å²) in [6, 6.07) is 0. The van der Waals surface area contributed by atoms with Crippen LogP contribution in [0.3, 0.4) is 0 Å². The normalized spacial score (nSPS) is 15.1. The van der Waals surface area contributed by atoms with E-state index in [0.717, 1.165) is 11.1 Å². The summed E-state index contributed by atoms with van der Waals surface area (Å²) in [7, 11) is 0. The van der Waals surface area contributed by atoms with E-state index in [0.29, 0.717) is 6.42 Å². The van der Waals surface area contributed by atoms with Crippen LogP contribution in [0.4, 0.5) is 0 Å². The second-order valence-electron chi connectivity index (χ2n) is 3.46. The first-order valence-corrected chi connectivity index (χ1v) is 4.09. The lowest BCUT2D eigenvalue weighted by Crippen LogP contribution is -2.24. The highest BCUT2D eigenvalue weighted by atomic mass is 16.3. The van der Waals surface area contributed by atoms with Crippen molar-refractivity contribution >= 4 is 0 Å². The van der Waals surface area contributed by atoms with Gasteiger partial charge in [-0.15, -0.1) is 6.58 Å². The third-order valence-corrected chi connectivity index (χ3v) is 1.46. The zero-order chi connectivity index (χ0) is 9.72. The first-order chi connectivity index (χ1) is 5.43. The van der Waals surface area contributed by atoms with E-state index in [4.69, 9.17) is 0 Å². The van der Waals surface area contributed by atoms with Crippen LogP contribution in [0.15, 0.2) is 23.8 Å². The van der Waals surface area contributed by atoms with Crippen molar-refractivity contribution in [3.05, 3.63) is 23.8 Å². The molecule has 0 fully saturated rings. The minimum absolute atomic E-state index is 0.449. The van der Waals surface area contributed by atoms with Crippen LogP contribution in [-0.2, 0) is 0 Å². The van der Waals surface area contributed by atoms with Crippen LogP contribution in [0.25, 0.3) is 0 Å². The van der Waals surface area contributed by atoms with E-state index in [1.54, 1.807) is 6.08 Å². The molecule has 0 rings (SSSR count). The fourth-order valence-electron chi connectivity index (χ4n) is 0.930. The van der Waals surface area contributed by atoms with Gasteiger partial charge in [-0.3, -0.25) is 0 Å². The van der Waals surface area contributed by atoms with Gasteiger partial charge in [0, 0.05) is 0 Å². The molecule has 0 spiro atoms. The molecule has 0 heterocycles. The van der Waals surface area contributed by atoms with Crippen LogP contribution >= 0.6 is 0 Å². The van der Waals surface area contributed by atoms with Crippen molar-refractivity contribution in [2.24, 2.45) is 0 Å². The Morgan fingerprint density at radius 2 is 1.83 bits per heavy atom. The van der Waals surface area contributed by atoms with Crippen molar-refractivity contribution in [2.45, 2.75) is 39.4 Å². The molecule has 0 aromatic carbocycles. The zero-order valence-electron chi connectivity index (χ0n) is 8.04. The summed E-state index contributed by atoms with van der Waals surface area (Å²) in [5, 5.41) is 18.8. The number of allylic oxidation sites excluding steroid dienone is 1. The van der Waals surface area contributed by atoms with Gasteiger partial charge in [-0.25, -0.2) is 0 Å². The molecule has 2 nitrogen and oxygen atoms in total. The summed E-state index contributed by atoms with van der Waals surface area (Å²) in [6.45, 7) is 9.27. The lowest BCUT2D eigenvalue weighted by molar-refractivity contribution is 0.0490. The standard InChI is InChI=1S/C10H18O2/c1-7(2)5-9(11)10(12)6-8(3)4/h6,9-12H,1,5H2,2-4H3. The molecule has 2 unspecified atom stereocenters. The van der Waals surface area contributed by atoms with Crippen LogP contribution in [0.1, 0.15) is 27.2 Å². The molecule has 0 aromatic rings. The SMILES string of the molecule is C=C(C)CC(O)C(O)C=C(C)C. The maximum atomic E-state index is 9.38. The van der Waals surface area contributed by atoms with E-state index in [1.807, 2.05) is 20.8 Å². The molecule has 12 heavy (non-hydrogen) atoms. The van der Waals surface area contributed by atoms with E-state index in [-0.39, 0.29) is 0 Å². The first kappa shape index (κ1) is 11.4. The fourth-order valence-corrected chi connectivity index (χ4v) is 0.930. The number of hydrogen-bond donors (Lipinski definition) is 2. The Kier molecular flexibility index (Phi) is 4.86. The van der Waals surface area contributed by atoms with Crippen LogP contribution < -0.4 is 0 Å². The van der Waals surface area contributed by atoms with Crippen molar-refractivity contribution in [1.29, 1.82) is 0 Å². The molecule has 0 aliphatic rings. The van der Waals surface area contributed by atoms with Gasteiger partial charge in [0.15, 0.2) is 0 Å². The van der Waals surface area contributed by atoms with Crippen molar-refractivity contribution in [3.63, 3.8) is 0 Å². The molecular formula is C10H18O2. The Morgan fingerprint density at radius 1 is 1.33 bits per heavy atom. The molecule has 0 saturated carbocycles. The fraction of sp³-hybridized carbons (Fsp3) is 0.600. The van der Waals surface area contributed by atoms with E-state index in [1.165, 1.54) is 0 Å². The van der Waals surface area contributed by atoms with Gasteiger partial charge in [0.2, 0.25) is 0 Å². The van der Waals surface area contributed by atoms with Gasteiger partial charge in [-0.05, 0) is 27.2 Å². The number of aliphatic hydroxyl groups is 2. The van der Waals surface area contributed by atoms with Crippen LogP contribution in [0.2, 0.25) is 0 Å². The second kappa shape index (κ2) is 5.12. The van der Waals surface area contributed by atoms with Gasteiger partial charge < -0.3 is 10.2 Å². The average Bonchev–Trinajstić information content (AvgIpc) is 1.84. The molecule has 0 bridgehead atoms. The monoisotopic (exact) mass is 170 g/mol. The Morgan fingerprint density at radius 3 is 2.17 bits per heavy atom. The molecule has 0 aliphatic carbocycles. The smallest absolute Gasteiger partial charge is 0.0985 e. The first-order valence-electron chi connectivity index (χ1n) is 4.09. The second-order valence-corrected chi connectivity index (χ2v) is 3.46. The lowest BCUT2D eigenvalue weighted by Gasteiger charge is -2.14. The van der Waals surface area contributed by atoms with Crippen molar-refractivity contribution in [3.8, 4) is 0 Å². The van der Waals surface area contributed by atoms with Crippen LogP contribution in [0.5, 0.6) is 0 Å². The Hall–Kier alpha value is -0.600. The molecule has 0 radical (unpaired) electrons. The molecule has 2 atom stereocenters. The van der Waals surface area contributed by atoms with Crippen LogP contribution in [0, 0.1) is 0 Å². The molecule has 2 N–H and O–H groups in total. The van der Waals surface area contributed by atoms with Crippen LogP contribution in [-0.4, -0.2) is 22.4 Å². The van der Waals surface area contributed by atoms with Crippen molar-refractivity contribution in [2.75, 3.05) is 0 Å². The topological polar surface area (TPSA) is 40.5 Å². The molecule has 0 saturated heterocycles. The molecule has 0 amide bonds. The summed E-state index contributed by atoms with van der Waals surface area (Å²) in [4.78, 5) is 0. The Labute approximate surface area is 74.2 Å². The molecule has 0 aromatic heterocycles. The third-order valence-electron chi connectivity index (χ3n) is 1.46. The number of aliphatic hydroxyl groups excluding tert-OH is 2. The van der Waals surface area contributed by atoms with Gasteiger partial charge in [0.25, 0.3) is 0 Å². The quantitative estimate of drug-likeness (QED) is 0.630. The van der Waals surface area contributed by atoms with Gasteiger partial charge in [-0.1, -0.05) is 17.2 Å². The van der Waals surface area contributed by atoms with E-state index in [2.05, 4.69) is 6.58 Å². The predicted octanol–water partition coefficient (Wildman–Crippen LogP) is 1.64. The van der Waals surface area contributed by atoms with Crippen molar-refractivity contribution < 1.29 is 10.2 Å². The third kappa shape index (κ3) is 5.10. The highest BCUT2D eigenvalue weighted by molar-refractivity contribution is 5.03. The Balaban J connectivity index is 4.01. The van der Waals surface area contributed by atoms with Crippen molar-refractivity contribution in [1.82, 2.24) is 0 Å². The highest BCUT2D eigenvalue weighted by Crippen LogP contribution is 2.08. The summed E-state index contributed by atoms with van der Waals surface area (Å²) in [6.07, 6.45) is 0.600.